The lowest BCUT2D eigenvalue weighted by atomic mass is 10.4. The van der Waals surface area contributed by atoms with Gasteiger partial charge in [0.15, 0.2) is 5.96 Å². The number of aliphatic imine (C=N–C) groups is 1. The Bertz CT molecular complexity index is 759. The molecule has 2 aromatic heterocycles. The second kappa shape index (κ2) is 10.4. The number of methoxy groups -OCH3 is 1. The molecule has 0 bridgehead atoms. The van der Waals surface area contributed by atoms with Gasteiger partial charge in [-0.3, -0.25) is 9.79 Å². The number of esters is 1. The van der Waals surface area contributed by atoms with E-state index in [1.165, 1.54) is 11.8 Å². The summed E-state index contributed by atoms with van der Waals surface area (Å²) in [6.07, 6.45) is 3.55. The van der Waals surface area contributed by atoms with Gasteiger partial charge in [-0.25, -0.2) is 4.68 Å². The Morgan fingerprint density at radius 3 is 2.77 bits per heavy atom. The number of carbonyl (C=O) groups is 1. The smallest absolute Gasteiger partial charge is 0.327 e. The molecule has 0 fully saturated rings. The van der Waals surface area contributed by atoms with Crippen LogP contribution in [0.25, 0.3) is 0 Å². The number of hydrogen-bond acceptors (Lipinski definition) is 5. The van der Waals surface area contributed by atoms with Crippen molar-refractivity contribution in [3.05, 3.63) is 34.9 Å². The molecule has 0 amide bonds. The maximum absolute atomic E-state index is 11.2. The second-order valence-corrected chi connectivity index (χ2v) is 5.94. The molecule has 0 aromatic carbocycles. The molecular formula is C15H23ClIN7O2. The van der Waals surface area contributed by atoms with Crippen molar-refractivity contribution >= 4 is 47.5 Å². The fraction of sp³-hybridized carbons (Fsp3) is 0.467. The van der Waals surface area contributed by atoms with Crippen LogP contribution in [0, 0.1) is 0 Å². The molecule has 11 heteroatoms. The molecule has 2 rings (SSSR count). The second-order valence-electron chi connectivity index (χ2n) is 5.50. The number of hydrogen-bond donors (Lipinski definition) is 1. The van der Waals surface area contributed by atoms with Crippen LogP contribution < -0.4 is 5.32 Å². The van der Waals surface area contributed by atoms with E-state index in [1.54, 1.807) is 13.2 Å². The van der Waals surface area contributed by atoms with Crippen molar-refractivity contribution in [1.29, 1.82) is 0 Å². The molecule has 0 aliphatic heterocycles. The van der Waals surface area contributed by atoms with Gasteiger partial charge in [0, 0.05) is 33.0 Å². The fourth-order valence-electron chi connectivity index (χ4n) is 2.29. The zero-order valence-corrected chi connectivity index (χ0v) is 18.2. The largest absolute Gasteiger partial charge is 0.468 e. The minimum absolute atomic E-state index is 0. The van der Waals surface area contributed by atoms with Crippen LogP contribution in [0.3, 0.4) is 0 Å². The third-order valence-corrected chi connectivity index (χ3v) is 3.79. The molecule has 0 atom stereocenters. The Balaban J connectivity index is 0.00000338. The number of ether oxygens (including phenoxy) is 1. The molecule has 9 nitrogen and oxygen atoms in total. The summed E-state index contributed by atoms with van der Waals surface area (Å²) in [5.74, 6) is 0.334. The van der Waals surface area contributed by atoms with Crippen molar-refractivity contribution in [2.45, 2.75) is 19.6 Å². The lowest BCUT2D eigenvalue weighted by molar-refractivity contribution is -0.141. The number of guanidine groups is 1. The van der Waals surface area contributed by atoms with Gasteiger partial charge in [0.05, 0.1) is 31.4 Å². The summed E-state index contributed by atoms with van der Waals surface area (Å²) in [4.78, 5) is 17.5. The molecule has 26 heavy (non-hydrogen) atoms. The van der Waals surface area contributed by atoms with Crippen molar-refractivity contribution in [2.24, 2.45) is 12.0 Å². The van der Waals surface area contributed by atoms with E-state index in [1.807, 2.05) is 35.8 Å². The zero-order chi connectivity index (χ0) is 18.4. The zero-order valence-electron chi connectivity index (χ0n) is 15.1. The molecule has 1 N–H and O–H groups in total. The molecule has 0 saturated carbocycles. The Morgan fingerprint density at radius 2 is 2.19 bits per heavy atom. The van der Waals surface area contributed by atoms with E-state index in [9.17, 15) is 4.79 Å². The third kappa shape index (κ3) is 6.16. The van der Waals surface area contributed by atoms with E-state index in [0.29, 0.717) is 29.8 Å². The van der Waals surface area contributed by atoms with E-state index in [4.69, 9.17) is 11.6 Å². The number of nitrogens with one attached hydrogen (secondary N) is 1. The van der Waals surface area contributed by atoms with Gasteiger partial charge in [-0.15, -0.1) is 29.1 Å². The van der Waals surface area contributed by atoms with E-state index in [2.05, 4.69) is 25.4 Å². The van der Waals surface area contributed by atoms with E-state index in [0.717, 1.165) is 5.69 Å². The maximum Gasteiger partial charge on any atom is 0.327 e. The normalized spacial score (nSPS) is 11.0. The van der Waals surface area contributed by atoms with Crippen molar-refractivity contribution in [1.82, 2.24) is 29.8 Å². The van der Waals surface area contributed by atoms with Crippen molar-refractivity contribution in [3.63, 3.8) is 0 Å². The van der Waals surface area contributed by atoms with Gasteiger partial charge in [0.1, 0.15) is 12.2 Å². The number of aryl methyl sites for hydroxylation is 1. The lowest BCUT2D eigenvalue weighted by Gasteiger charge is -2.22. The van der Waals surface area contributed by atoms with Crippen LogP contribution in [0.2, 0.25) is 5.02 Å². The molecule has 0 radical (unpaired) electrons. The Labute approximate surface area is 174 Å². The first kappa shape index (κ1) is 22.2. The summed E-state index contributed by atoms with van der Waals surface area (Å²) in [5.41, 5.74) is 1.76. The van der Waals surface area contributed by atoms with Gasteiger partial charge >= 0.3 is 5.97 Å². The van der Waals surface area contributed by atoms with Crippen LogP contribution in [0.1, 0.15) is 11.4 Å². The average Bonchev–Trinajstić information content (AvgIpc) is 3.14. The number of nitrogens with zero attached hydrogens (tertiary/aromatic N) is 6. The van der Waals surface area contributed by atoms with Crippen LogP contribution in [0.4, 0.5) is 0 Å². The number of rotatable bonds is 6. The first-order valence-corrected chi connectivity index (χ1v) is 7.99. The Morgan fingerprint density at radius 1 is 1.46 bits per heavy atom. The highest BCUT2D eigenvalue weighted by Crippen LogP contribution is 2.14. The predicted octanol–water partition coefficient (Wildman–Crippen LogP) is 1.27. The third-order valence-electron chi connectivity index (χ3n) is 3.58. The van der Waals surface area contributed by atoms with E-state index in [-0.39, 0.29) is 36.5 Å². The van der Waals surface area contributed by atoms with Crippen molar-refractivity contribution in [3.8, 4) is 0 Å². The minimum Gasteiger partial charge on any atom is -0.468 e. The summed E-state index contributed by atoms with van der Waals surface area (Å²) in [7, 11) is 6.93. The van der Waals surface area contributed by atoms with Crippen molar-refractivity contribution in [2.75, 3.05) is 21.2 Å². The standard InChI is InChI=1S/C15H22ClN7O2.HI/c1-17-15(22(3)9-13-5-11(16)7-21(13)2)18-6-12-8-23(20-19-12)10-14(24)25-4;/h5,7-8H,6,9-10H2,1-4H3,(H,17,18);1H. The molecule has 2 heterocycles. The quantitative estimate of drug-likeness (QED) is 0.281. The molecule has 0 unspecified atom stereocenters. The highest BCUT2D eigenvalue weighted by molar-refractivity contribution is 14.0. The van der Waals surface area contributed by atoms with Gasteiger partial charge in [0.2, 0.25) is 0 Å². The molecule has 0 aliphatic carbocycles. The molecule has 2 aromatic rings. The summed E-state index contributed by atoms with van der Waals surface area (Å²) in [5, 5.41) is 11.8. The molecular weight excluding hydrogens is 473 g/mol. The maximum atomic E-state index is 11.2. The van der Waals surface area contributed by atoms with Crippen LogP contribution in [0.5, 0.6) is 0 Å². The van der Waals surface area contributed by atoms with Gasteiger partial charge in [-0.1, -0.05) is 16.8 Å². The first-order valence-electron chi connectivity index (χ1n) is 7.61. The van der Waals surface area contributed by atoms with Gasteiger partial charge in [-0.05, 0) is 6.07 Å². The van der Waals surface area contributed by atoms with Crippen molar-refractivity contribution < 1.29 is 9.53 Å². The lowest BCUT2D eigenvalue weighted by Crippen LogP contribution is -2.38. The Hall–Kier alpha value is -1.82. The van der Waals surface area contributed by atoms with Crippen LogP contribution in [-0.4, -0.2) is 57.6 Å². The molecule has 0 saturated heterocycles. The number of halogens is 2. The predicted molar refractivity (Wildman–Crippen MR) is 110 cm³/mol. The highest BCUT2D eigenvalue weighted by atomic mass is 127. The average molecular weight is 496 g/mol. The molecule has 0 aliphatic rings. The van der Waals surface area contributed by atoms with E-state index < -0.39 is 0 Å². The van der Waals surface area contributed by atoms with Crippen LogP contribution >= 0.6 is 35.6 Å². The van der Waals surface area contributed by atoms with Gasteiger partial charge < -0.3 is 19.5 Å². The highest BCUT2D eigenvalue weighted by Gasteiger charge is 2.11. The summed E-state index contributed by atoms with van der Waals surface area (Å²) >= 11 is 6.02. The van der Waals surface area contributed by atoms with Crippen LogP contribution in [-0.2, 0) is 36.2 Å². The summed E-state index contributed by atoms with van der Waals surface area (Å²) in [6.45, 7) is 1.12. The Kier molecular flexibility index (Phi) is 8.85. The molecule has 144 valence electrons. The monoisotopic (exact) mass is 495 g/mol. The summed E-state index contributed by atoms with van der Waals surface area (Å²) < 4.78 is 8.01. The first-order chi connectivity index (χ1) is 11.9. The van der Waals surface area contributed by atoms with Gasteiger partial charge in [0.25, 0.3) is 0 Å². The topological polar surface area (TPSA) is 89.6 Å². The number of carbonyl (C=O) groups excluding carboxylic acids is 1. The van der Waals surface area contributed by atoms with Crippen LogP contribution in [0.15, 0.2) is 23.5 Å². The van der Waals surface area contributed by atoms with E-state index >= 15 is 0 Å². The van der Waals surface area contributed by atoms with Gasteiger partial charge in [-0.2, -0.15) is 0 Å². The minimum atomic E-state index is -0.374. The number of aromatic nitrogens is 4. The summed E-state index contributed by atoms with van der Waals surface area (Å²) in [6, 6.07) is 1.92. The SMILES string of the molecule is CN=C(NCc1cn(CC(=O)OC)nn1)N(C)Cc1cc(Cl)cn1C.I. The fourth-order valence-corrected chi connectivity index (χ4v) is 2.56. The molecule has 0 spiro atoms.